The van der Waals surface area contributed by atoms with Gasteiger partial charge in [-0.1, -0.05) is 5.16 Å². The summed E-state index contributed by atoms with van der Waals surface area (Å²) in [5.74, 6) is 1.15. The van der Waals surface area contributed by atoms with Crippen LogP contribution in [0.1, 0.15) is 30.2 Å². The molecule has 1 aliphatic rings. The number of nitrogens with zero attached hydrogens (tertiary/aromatic N) is 1. The number of rotatable bonds is 2. The second-order valence-electron chi connectivity index (χ2n) is 3.34. The second kappa shape index (κ2) is 3.89. The molecule has 0 saturated carbocycles. The van der Waals surface area contributed by atoms with Gasteiger partial charge in [0, 0.05) is 18.6 Å². The molecule has 1 aromatic heterocycles. The number of hydrogen-bond acceptors (Lipinski definition) is 4. The average molecular weight is 182 g/mol. The van der Waals surface area contributed by atoms with Crippen LogP contribution in [0.5, 0.6) is 0 Å². The lowest BCUT2D eigenvalue weighted by atomic mass is 9.99. The fraction of sp³-hybridized carbons (Fsp3) is 0.667. The Morgan fingerprint density at radius 2 is 2.54 bits per heavy atom. The predicted molar refractivity (Wildman–Crippen MR) is 47.2 cm³/mol. The van der Waals surface area contributed by atoms with E-state index in [1.165, 1.54) is 0 Å². The van der Waals surface area contributed by atoms with E-state index in [9.17, 15) is 0 Å². The Bertz CT molecular complexity index is 266. The summed E-state index contributed by atoms with van der Waals surface area (Å²) in [6.07, 6.45) is 2.24. The summed E-state index contributed by atoms with van der Waals surface area (Å²) in [5.41, 5.74) is 6.41. The highest BCUT2D eigenvalue weighted by Crippen LogP contribution is 2.24. The van der Waals surface area contributed by atoms with Crippen LogP contribution in [-0.2, 0) is 11.3 Å². The van der Waals surface area contributed by atoms with Gasteiger partial charge in [-0.2, -0.15) is 0 Å². The van der Waals surface area contributed by atoms with Crippen LogP contribution < -0.4 is 5.73 Å². The first-order valence-corrected chi connectivity index (χ1v) is 4.63. The molecule has 2 heterocycles. The van der Waals surface area contributed by atoms with E-state index in [-0.39, 0.29) is 0 Å². The van der Waals surface area contributed by atoms with Crippen molar-refractivity contribution in [2.45, 2.75) is 25.3 Å². The molecule has 1 fully saturated rings. The van der Waals surface area contributed by atoms with E-state index in [0.29, 0.717) is 12.5 Å². The molecule has 1 atom stereocenters. The van der Waals surface area contributed by atoms with Crippen molar-refractivity contribution in [3.05, 3.63) is 17.5 Å². The molecule has 1 aromatic rings. The van der Waals surface area contributed by atoms with E-state index in [2.05, 4.69) is 5.16 Å². The molecule has 2 N–H and O–H groups in total. The van der Waals surface area contributed by atoms with Gasteiger partial charge in [0.1, 0.15) is 0 Å². The lowest BCUT2D eigenvalue weighted by Gasteiger charge is -2.19. The van der Waals surface area contributed by atoms with Crippen molar-refractivity contribution >= 4 is 0 Å². The van der Waals surface area contributed by atoms with Crippen LogP contribution >= 0.6 is 0 Å². The van der Waals surface area contributed by atoms with Crippen molar-refractivity contribution in [3.8, 4) is 0 Å². The lowest BCUT2D eigenvalue weighted by Crippen LogP contribution is -2.15. The topological polar surface area (TPSA) is 61.3 Å². The van der Waals surface area contributed by atoms with Gasteiger partial charge >= 0.3 is 0 Å². The lowest BCUT2D eigenvalue weighted by molar-refractivity contribution is 0.0783. The summed E-state index contributed by atoms with van der Waals surface area (Å²) in [6, 6.07) is 1.93. The van der Waals surface area contributed by atoms with Crippen molar-refractivity contribution in [2.24, 2.45) is 5.73 Å². The number of aromatic nitrogens is 1. The van der Waals surface area contributed by atoms with E-state index < -0.39 is 0 Å². The first kappa shape index (κ1) is 8.72. The molecule has 4 heteroatoms. The van der Waals surface area contributed by atoms with Crippen LogP contribution in [0.2, 0.25) is 0 Å². The van der Waals surface area contributed by atoms with Gasteiger partial charge in [0.05, 0.1) is 18.8 Å². The molecule has 0 aliphatic carbocycles. The van der Waals surface area contributed by atoms with Gasteiger partial charge in [0.15, 0.2) is 5.76 Å². The molecule has 2 rings (SSSR count). The molecule has 72 valence electrons. The molecule has 1 aliphatic heterocycles. The molecule has 4 nitrogen and oxygen atoms in total. The van der Waals surface area contributed by atoms with E-state index in [1.807, 2.05) is 6.07 Å². The Morgan fingerprint density at radius 1 is 1.62 bits per heavy atom. The Hall–Kier alpha value is -0.870. The number of ether oxygens (including phenoxy) is 1. The van der Waals surface area contributed by atoms with E-state index in [1.54, 1.807) is 0 Å². The van der Waals surface area contributed by atoms with Crippen LogP contribution in [0.15, 0.2) is 10.6 Å². The molecule has 1 unspecified atom stereocenters. The van der Waals surface area contributed by atoms with E-state index in [4.69, 9.17) is 15.0 Å². The third kappa shape index (κ3) is 1.89. The Morgan fingerprint density at radius 3 is 3.15 bits per heavy atom. The highest BCUT2D eigenvalue weighted by molar-refractivity contribution is 5.10. The zero-order chi connectivity index (χ0) is 9.10. The molecule has 0 radical (unpaired) electrons. The van der Waals surface area contributed by atoms with Gasteiger partial charge in [-0.15, -0.1) is 0 Å². The summed E-state index contributed by atoms with van der Waals surface area (Å²) < 4.78 is 10.4. The van der Waals surface area contributed by atoms with Gasteiger partial charge in [0.25, 0.3) is 0 Å². The van der Waals surface area contributed by atoms with Crippen molar-refractivity contribution in [2.75, 3.05) is 13.2 Å². The Kier molecular flexibility index (Phi) is 2.61. The minimum Gasteiger partial charge on any atom is -0.381 e. The zero-order valence-electron chi connectivity index (χ0n) is 7.53. The van der Waals surface area contributed by atoms with Gasteiger partial charge in [0.2, 0.25) is 0 Å². The first-order valence-electron chi connectivity index (χ1n) is 4.63. The SMILES string of the molecule is NCc1cc(C2CCCOC2)no1. The van der Waals surface area contributed by atoms with Gasteiger partial charge in [-0.25, -0.2) is 0 Å². The molecule has 13 heavy (non-hydrogen) atoms. The monoisotopic (exact) mass is 182 g/mol. The molecule has 1 saturated heterocycles. The summed E-state index contributed by atoms with van der Waals surface area (Å²) in [6.45, 7) is 2.05. The minimum absolute atomic E-state index is 0.401. The Balaban J connectivity index is 2.05. The van der Waals surface area contributed by atoms with Gasteiger partial charge < -0.3 is 15.0 Å². The first-order chi connectivity index (χ1) is 6.40. The van der Waals surface area contributed by atoms with Crippen LogP contribution in [0, 0.1) is 0 Å². The normalized spacial score (nSPS) is 23.3. The largest absolute Gasteiger partial charge is 0.381 e. The molecule has 0 aromatic carbocycles. The minimum atomic E-state index is 0.401. The van der Waals surface area contributed by atoms with Crippen LogP contribution in [0.25, 0.3) is 0 Å². The van der Waals surface area contributed by atoms with Crippen LogP contribution in [0.4, 0.5) is 0 Å². The van der Waals surface area contributed by atoms with Gasteiger partial charge in [-0.05, 0) is 12.8 Å². The molecular formula is C9H14N2O2. The van der Waals surface area contributed by atoms with Crippen molar-refractivity contribution < 1.29 is 9.26 Å². The Labute approximate surface area is 77.0 Å². The average Bonchev–Trinajstić information content (AvgIpc) is 2.67. The van der Waals surface area contributed by atoms with Crippen molar-refractivity contribution in [3.63, 3.8) is 0 Å². The summed E-state index contributed by atoms with van der Waals surface area (Å²) >= 11 is 0. The highest BCUT2D eigenvalue weighted by atomic mass is 16.5. The summed E-state index contributed by atoms with van der Waals surface area (Å²) in [5, 5.41) is 3.98. The third-order valence-electron chi connectivity index (χ3n) is 2.36. The number of nitrogens with two attached hydrogens (primary N) is 1. The fourth-order valence-corrected chi connectivity index (χ4v) is 1.59. The maximum Gasteiger partial charge on any atom is 0.150 e. The summed E-state index contributed by atoms with van der Waals surface area (Å²) in [4.78, 5) is 0. The number of hydrogen-bond donors (Lipinski definition) is 1. The molecule has 0 amide bonds. The molecule has 0 bridgehead atoms. The van der Waals surface area contributed by atoms with E-state index >= 15 is 0 Å². The fourth-order valence-electron chi connectivity index (χ4n) is 1.59. The maximum atomic E-state index is 5.43. The smallest absolute Gasteiger partial charge is 0.150 e. The standard InChI is InChI=1S/C9H14N2O2/c10-5-8-4-9(11-13-8)7-2-1-3-12-6-7/h4,7H,1-3,5-6,10H2. The second-order valence-corrected chi connectivity index (χ2v) is 3.34. The van der Waals surface area contributed by atoms with E-state index in [0.717, 1.165) is 37.5 Å². The van der Waals surface area contributed by atoms with Crippen molar-refractivity contribution in [1.29, 1.82) is 0 Å². The predicted octanol–water partition coefficient (Wildman–Crippen LogP) is 1.03. The zero-order valence-corrected chi connectivity index (χ0v) is 7.53. The van der Waals surface area contributed by atoms with Gasteiger partial charge in [-0.3, -0.25) is 0 Å². The maximum absolute atomic E-state index is 5.43. The highest BCUT2D eigenvalue weighted by Gasteiger charge is 2.19. The third-order valence-corrected chi connectivity index (χ3v) is 2.36. The summed E-state index contributed by atoms with van der Waals surface area (Å²) in [7, 11) is 0. The van der Waals surface area contributed by atoms with Crippen LogP contribution in [-0.4, -0.2) is 18.4 Å². The van der Waals surface area contributed by atoms with Crippen molar-refractivity contribution in [1.82, 2.24) is 5.16 Å². The quantitative estimate of drug-likeness (QED) is 0.742. The molecule has 0 spiro atoms. The molecular weight excluding hydrogens is 168 g/mol. The van der Waals surface area contributed by atoms with Crippen LogP contribution in [0.3, 0.4) is 0 Å².